The fraction of sp³-hybridized carbons (Fsp3) is 0.333. The number of carbonyl (C=O) groups excluding carboxylic acids is 1. The summed E-state index contributed by atoms with van der Waals surface area (Å²) in [5.41, 5.74) is 1.27. The molecule has 0 spiro atoms. The number of aliphatic hydroxyl groups is 2. The van der Waals surface area contributed by atoms with Crippen molar-refractivity contribution in [1.82, 2.24) is 0 Å². The summed E-state index contributed by atoms with van der Waals surface area (Å²) in [6.45, 7) is 1.24. The Balaban J connectivity index is 3.30. The predicted octanol–water partition coefficient (Wildman–Crippen LogP) is 1.15. The number of nitrogens with zero attached hydrogens (tertiary/aromatic N) is 1. The molecular formula is C15H17NO5. The zero-order valence-electron chi connectivity index (χ0n) is 11.9. The van der Waals surface area contributed by atoms with Crippen molar-refractivity contribution in [3.63, 3.8) is 0 Å². The number of nitriles is 1. The van der Waals surface area contributed by atoms with Crippen molar-refractivity contribution in [3.8, 4) is 11.8 Å². The first kappa shape index (κ1) is 16.7. The van der Waals surface area contributed by atoms with E-state index in [1.807, 2.05) is 0 Å². The first-order chi connectivity index (χ1) is 10.1. The first-order valence-corrected chi connectivity index (χ1v) is 6.31. The molecule has 0 saturated heterocycles. The fourth-order valence-electron chi connectivity index (χ4n) is 1.83. The molecule has 0 unspecified atom stereocenters. The third-order valence-electron chi connectivity index (χ3n) is 2.80. The zero-order chi connectivity index (χ0) is 15.8. The van der Waals surface area contributed by atoms with E-state index in [1.165, 1.54) is 13.2 Å². The van der Waals surface area contributed by atoms with E-state index in [-0.39, 0.29) is 25.4 Å². The number of rotatable bonds is 6. The van der Waals surface area contributed by atoms with E-state index < -0.39 is 5.97 Å². The molecule has 0 radical (unpaired) electrons. The third kappa shape index (κ3) is 4.05. The second-order valence-electron chi connectivity index (χ2n) is 4.07. The van der Waals surface area contributed by atoms with Crippen LogP contribution in [0.15, 0.2) is 17.7 Å². The molecule has 0 aliphatic carbocycles. The summed E-state index contributed by atoms with van der Waals surface area (Å²) in [5.74, 6) is -0.341. The molecule has 0 aromatic heterocycles. The second kappa shape index (κ2) is 8.04. The van der Waals surface area contributed by atoms with Gasteiger partial charge >= 0.3 is 5.97 Å². The topological polar surface area (TPSA) is 99.8 Å². The van der Waals surface area contributed by atoms with Crippen LogP contribution in [0.2, 0.25) is 0 Å². The van der Waals surface area contributed by atoms with E-state index in [9.17, 15) is 15.0 Å². The molecule has 112 valence electrons. The van der Waals surface area contributed by atoms with Crippen LogP contribution in [0, 0.1) is 11.3 Å². The number of carbonyl (C=O) groups is 1. The minimum absolute atomic E-state index is 0.153. The lowest BCUT2D eigenvalue weighted by molar-refractivity contribution is -0.137. The maximum absolute atomic E-state index is 11.6. The highest BCUT2D eigenvalue weighted by atomic mass is 16.5. The van der Waals surface area contributed by atoms with E-state index >= 15 is 0 Å². The summed E-state index contributed by atoms with van der Waals surface area (Å²) in [6, 6.07) is 4.92. The molecule has 1 rings (SSSR count). The lowest BCUT2D eigenvalue weighted by atomic mass is 10.0. The average molecular weight is 291 g/mol. The average Bonchev–Trinajstić information content (AvgIpc) is 2.51. The summed E-state index contributed by atoms with van der Waals surface area (Å²) in [7, 11) is 1.43. The van der Waals surface area contributed by atoms with Gasteiger partial charge in [-0.05, 0) is 36.3 Å². The van der Waals surface area contributed by atoms with Crippen molar-refractivity contribution in [1.29, 1.82) is 5.26 Å². The Labute approximate surface area is 122 Å². The molecule has 2 N–H and O–H groups in total. The van der Waals surface area contributed by atoms with Gasteiger partial charge in [-0.1, -0.05) is 0 Å². The quantitative estimate of drug-likeness (QED) is 0.463. The molecular weight excluding hydrogens is 274 g/mol. The van der Waals surface area contributed by atoms with Crippen LogP contribution in [0.1, 0.15) is 23.6 Å². The minimum atomic E-state index is -0.712. The van der Waals surface area contributed by atoms with Crippen molar-refractivity contribution >= 4 is 12.0 Å². The van der Waals surface area contributed by atoms with Crippen LogP contribution in [0.5, 0.6) is 5.75 Å². The van der Waals surface area contributed by atoms with Crippen LogP contribution in [-0.4, -0.2) is 29.9 Å². The molecule has 0 fully saturated rings. The third-order valence-corrected chi connectivity index (χ3v) is 2.80. The minimum Gasteiger partial charge on any atom is -0.496 e. The number of hydrogen-bond acceptors (Lipinski definition) is 6. The molecule has 0 atom stereocenters. The van der Waals surface area contributed by atoms with E-state index in [1.54, 1.807) is 25.1 Å². The Kier molecular flexibility index (Phi) is 6.40. The Morgan fingerprint density at radius 3 is 2.57 bits per heavy atom. The summed E-state index contributed by atoms with van der Waals surface area (Å²) < 4.78 is 9.92. The molecule has 0 heterocycles. The lowest BCUT2D eigenvalue weighted by Crippen LogP contribution is -2.06. The molecule has 0 bridgehead atoms. The van der Waals surface area contributed by atoms with Gasteiger partial charge in [-0.25, -0.2) is 4.79 Å². The maximum Gasteiger partial charge on any atom is 0.348 e. The normalized spacial score (nSPS) is 10.9. The van der Waals surface area contributed by atoms with Gasteiger partial charge in [0.25, 0.3) is 0 Å². The van der Waals surface area contributed by atoms with Crippen molar-refractivity contribution in [2.24, 2.45) is 0 Å². The number of aliphatic hydroxyl groups excluding tert-OH is 2. The van der Waals surface area contributed by atoms with Crippen LogP contribution in [0.25, 0.3) is 6.08 Å². The zero-order valence-corrected chi connectivity index (χ0v) is 11.9. The highest BCUT2D eigenvalue weighted by molar-refractivity contribution is 5.97. The van der Waals surface area contributed by atoms with Gasteiger partial charge in [-0.15, -0.1) is 0 Å². The number of methoxy groups -OCH3 is 1. The maximum atomic E-state index is 11.6. The van der Waals surface area contributed by atoms with Gasteiger partial charge in [0.15, 0.2) is 0 Å². The van der Waals surface area contributed by atoms with Crippen LogP contribution >= 0.6 is 0 Å². The summed E-state index contributed by atoms with van der Waals surface area (Å²) in [6.07, 6.45) is 1.35. The SMILES string of the molecule is CCOC(=O)C(C#N)=Cc1cc(CO)c(CO)c(OC)c1. The standard InChI is InChI=1S/C15H17NO5/c1-3-21-15(19)11(7-16)4-10-5-12(8-17)13(9-18)14(6-10)20-2/h4-6,17-18H,3,8-9H2,1-2H3. The lowest BCUT2D eigenvalue weighted by Gasteiger charge is -2.12. The Morgan fingerprint density at radius 2 is 2.10 bits per heavy atom. The molecule has 6 nitrogen and oxygen atoms in total. The predicted molar refractivity (Wildman–Crippen MR) is 75.1 cm³/mol. The molecule has 0 aliphatic rings. The van der Waals surface area contributed by atoms with Gasteiger partial charge in [0.2, 0.25) is 0 Å². The van der Waals surface area contributed by atoms with Crippen molar-refractivity contribution < 1.29 is 24.5 Å². The summed E-state index contributed by atoms with van der Waals surface area (Å²) >= 11 is 0. The fourth-order valence-corrected chi connectivity index (χ4v) is 1.83. The van der Waals surface area contributed by atoms with E-state index in [2.05, 4.69) is 0 Å². The molecule has 0 amide bonds. The van der Waals surface area contributed by atoms with Gasteiger partial charge in [0.1, 0.15) is 17.4 Å². The van der Waals surface area contributed by atoms with Gasteiger partial charge in [0, 0.05) is 5.56 Å². The summed E-state index contributed by atoms with van der Waals surface area (Å²) in [5, 5.41) is 27.6. The monoisotopic (exact) mass is 291 g/mol. The van der Waals surface area contributed by atoms with Crippen LogP contribution in [0.4, 0.5) is 0 Å². The highest BCUT2D eigenvalue weighted by Crippen LogP contribution is 2.26. The highest BCUT2D eigenvalue weighted by Gasteiger charge is 2.13. The molecule has 0 aliphatic heterocycles. The Morgan fingerprint density at radius 1 is 1.38 bits per heavy atom. The smallest absolute Gasteiger partial charge is 0.348 e. The molecule has 0 saturated carbocycles. The van der Waals surface area contributed by atoms with Gasteiger partial charge in [0.05, 0.1) is 26.9 Å². The van der Waals surface area contributed by atoms with Crippen molar-refractivity contribution in [3.05, 3.63) is 34.4 Å². The summed E-state index contributed by atoms with van der Waals surface area (Å²) in [4.78, 5) is 11.6. The van der Waals surface area contributed by atoms with Crippen molar-refractivity contribution in [2.45, 2.75) is 20.1 Å². The Hall–Kier alpha value is -2.36. The molecule has 6 heteroatoms. The van der Waals surface area contributed by atoms with Crippen molar-refractivity contribution in [2.75, 3.05) is 13.7 Å². The Bertz CT molecular complexity index is 561. The van der Waals surface area contributed by atoms with E-state index in [0.717, 1.165) is 0 Å². The van der Waals surface area contributed by atoms with Crippen LogP contribution in [0.3, 0.4) is 0 Å². The van der Waals surface area contributed by atoms with Crippen LogP contribution < -0.4 is 4.74 Å². The number of ether oxygens (including phenoxy) is 2. The molecule has 1 aromatic carbocycles. The second-order valence-corrected chi connectivity index (χ2v) is 4.07. The number of esters is 1. The van der Waals surface area contributed by atoms with Gasteiger partial charge in [-0.2, -0.15) is 5.26 Å². The largest absolute Gasteiger partial charge is 0.496 e. The van der Waals surface area contributed by atoms with E-state index in [4.69, 9.17) is 14.7 Å². The molecule has 21 heavy (non-hydrogen) atoms. The van der Waals surface area contributed by atoms with E-state index in [0.29, 0.717) is 22.4 Å². The first-order valence-electron chi connectivity index (χ1n) is 6.31. The molecule has 1 aromatic rings. The number of benzene rings is 1. The van der Waals surface area contributed by atoms with Gasteiger partial charge < -0.3 is 19.7 Å². The van der Waals surface area contributed by atoms with Crippen LogP contribution in [-0.2, 0) is 22.7 Å². The number of hydrogen-bond donors (Lipinski definition) is 2. The van der Waals surface area contributed by atoms with Gasteiger partial charge in [-0.3, -0.25) is 0 Å².